The molecule has 6 rings (SSSR count). The zero-order valence-corrected chi connectivity index (χ0v) is 41.0. The molecule has 60 heavy (non-hydrogen) atoms. The SMILES string of the molecule is CCCCCCCCCCCCC(CCCCCCCCCC)CN(C)c1cc2c(c/c1=C(/C=O)c1ccc(-c3ccc(-c4cccs4)s3)s1)NC(=O)C=2c1ccc(Br)s1. The van der Waals surface area contributed by atoms with Crippen LogP contribution in [0.5, 0.6) is 0 Å². The van der Waals surface area contributed by atoms with Gasteiger partial charge < -0.3 is 10.2 Å². The molecule has 1 aliphatic rings. The summed E-state index contributed by atoms with van der Waals surface area (Å²) in [5.41, 5.74) is 3.15. The van der Waals surface area contributed by atoms with Crippen LogP contribution in [0.15, 0.2) is 69.8 Å². The molecule has 0 fully saturated rings. The molecule has 1 N–H and O–H groups in total. The van der Waals surface area contributed by atoms with Gasteiger partial charge in [-0.2, -0.15) is 0 Å². The molecular formula is C51H65BrN2O2S4. The summed E-state index contributed by atoms with van der Waals surface area (Å²) in [6.45, 7) is 5.50. The maximum Gasteiger partial charge on any atom is 0.257 e. The van der Waals surface area contributed by atoms with Gasteiger partial charge in [0.2, 0.25) is 0 Å². The lowest BCUT2D eigenvalue weighted by atomic mass is 9.93. The number of benzene rings is 1. The summed E-state index contributed by atoms with van der Waals surface area (Å²) in [6.07, 6.45) is 27.6. The van der Waals surface area contributed by atoms with E-state index in [0.717, 1.165) is 53.1 Å². The van der Waals surface area contributed by atoms with Gasteiger partial charge in [0.05, 0.1) is 9.36 Å². The van der Waals surface area contributed by atoms with E-state index in [1.807, 2.05) is 12.1 Å². The van der Waals surface area contributed by atoms with Crippen molar-refractivity contribution in [3.63, 3.8) is 0 Å². The van der Waals surface area contributed by atoms with Crippen molar-refractivity contribution in [2.45, 2.75) is 142 Å². The molecule has 1 aliphatic heterocycles. The number of carbonyl (C=O) groups is 2. The second kappa shape index (κ2) is 24.7. The first kappa shape index (κ1) is 46.7. The molecule has 0 radical (unpaired) electrons. The van der Waals surface area contributed by atoms with E-state index in [1.54, 1.807) is 45.3 Å². The molecule has 9 heteroatoms. The van der Waals surface area contributed by atoms with E-state index in [0.29, 0.717) is 17.1 Å². The molecule has 0 saturated heterocycles. The van der Waals surface area contributed by atoms with Crippen molar-refractivity contribution in [3.8, 4) is 19.5 Å². The number of unbranched alkanes of at least 4 members (excludes halogenated alkanes) is 16. The number of hydrogen-bond donors (Lipinski definition) is 1. The highest BCUT2D eigenvalue weighted by Gasteiger charge is 2.26. The van der Waals surface area contributed by atoms with E-state index in [-0.39, 0.29) is 5.91 Å². The fourth-order valence-corrected chi connectivity index (χ4v) is 13.0. The van der Waals surface area contributed by atoms with Crippen molar-refractivity contribution < 1.29 is 9.59 Å². The second-order valence-electron chi connectivity index (χ2n) is 16.7. The van der Waals surface area contributed by atoms with Crippen molar-refractivity contribution in [2.24, 2.45) is 5.92 Å². The van der Waals surface area contributed by atoms with Gasteiger partial charge in [0.15, 0.2) is 6.29 Å². The number of thiophene rings is 4. The minimum absolute atomic E-state index is 0.0936. The van der Waals surface area contributed by atoms with Crippen LogP contribution < -0.4 is 20.7 Å². The number of carbonyl (C=O) groups excluding carboxylic acids is 2. The van der Waals surface area contributed by atoms with Gasteiger partial charge >= 0.3 is 0 Å². The smallest absolute Gasteiger partial charge is 0.257 e. The Morgan fingerprint density at radius 2 is 1.25 bits per heavy atom. The molecule has 1 aromatic carbocycles. The number of fused-ring (bicyclic) bond motifs is 1. The summed E-state index contributed by atoms with van der Waals surface area (Å²) in [6, 6.07) is 21.2. The molecule has 5 aromatic rings. The lowest BCUT2D eigenvalue weighted by Gasteiger charge is -2.27. The molecule has 0 aliphatic carbocycles. The first-order chi connectivity index (χ1) is 29.4. The molecule has 5 heterocycles. The lowest BCUT2D eigenvalue weighted by Crippen LogP contribution is -2.32. The number of rotatable bonds is 28. The van der Waals surface area contributed by atoms with Gasteiger partial charge in [0.25, 0.3) is 5.91 Å². The molecule has 0 bridgehead atoms. The monoisotopic (exact) mass is 944 g/mol. The van der Waals surface area contributed by atoms with Crippen LogP contribution >= 0.6 is 61.3 Å². The summed E-state index contributed by atoms with van der Waals surface area (Å²) >= 11 is 10.4. The lowest BCUT2D eigenvalue weighted by molar-refractivity contribution is -0.111. The van der Waals surface area contributed by atoms with Crippen LogP contribution in [-0.4, -0.2) is 25.8 Å². The highest BCUT2D eigenvalue weighted by Crippen LogP contribution is 2.40. The highest BCUT2D eigenvalue weighted by molar-refractivity contribution is 9.11. The molecule has 4 nitrogen and oxygen atoms in total. The topological polar surface area (TPSA) is 49.4 Å². The number of nitrogens with one attached hydrogen (secondary N) is 1. The Morgan fingerprint density at radius 3 is 1.82 bits per heavy atom. The number of halogens is 1. The Balaban J connectivity index is 1.27. The fraction of sp³-hybridized carbons (Fsp3) is 0.490. The molecule has 1 amide bonds. The molecule has 322 valence electrons. The Morgan fingerprint density at radius 1 is 0.683 bits per heavy atom. The number of amides is 1. The van der Waals surface area contributed by atoms with Gasteiger partial charge in [-0.05, 0) is 94.7 Å². The molecule has 1 unspecified atom stereocenters. The normalized spacial score (nSPS) is 13.5. The van der Waals surface area contributed by atoms with Crippen molar-refractivity contribution >= 4 is 96.0 Å². The molecular weight excluding hydrogens is 881 g/mol. The summed E-state index contributed by atoms with van der Waals surface area (Å²) < 4.78 is 0.995. The van der Waals surface area contributed by atoms with E-state index in [4.69, 9.17) is 0 Å². The largest absolute Gasteiger partial charge is 0.374 e. The van der Waals surface area contributed by atoms with Crippen LogP contribution in [0, 0.1) is 5.92 Å². The van der Waals surface area contributed by atoms with Crippen LogP contribution in [0.25, 0.3) is 30.7 Å². The molecule has 0 saturated carbocycles. The van der Waals surface area contributed by atoms with Crippen molar-refractivity contribution in [2.75, 3.05) is 23.8 Å². The highest BCUT2D eigenvalue weighted by atomic mass is 79.9. The van der Waals surface area contributed by atoms with Gasteiger partial charge in [0.1, 0.15) is 0 Å². The van der Waals surface area contributed by atoms with Crippen molar-refractivity contribution in [1.82, 2.24) is 0 Å². The third-order valence-corrected chi connectivity index (χ3v) is 17.1. The number of nitrogens with zero attached hydrogens (tertiary/aromatic N) is 1. The van der Waals surface area contributed by atoms with Gasteiger partial charge in [-0.25, -0.2) is 0 Å². The Labute approximate surface area is 384 Å². The van der Waals surface area contributed by atoms with E-state index in [1.165, 1.54) is 143 Å². The minimum atomic E-state index is -0.0936. The quantitative estimate of drug-likeness (QED) is 0.0401. The van der Waals surface area contributed by atoms with Crippen LogP contribution in [-0.2, 0) is 9.59 Å². The minimum Gasteiger partial charge on any atom is -0.374 e. The van der Waals surface area contributed by atoms with Crippen LogP contribution in [0.3, 0.4) is 0 Å². The maximum atomic E-state index is 13.6. The van der Waals surface area contributed by atoms with E-state index in [2.05, 4.69) is 101 Å². The van der Waals surface area contributed by atoms with Crippen LogP contribution in [0.1, 0.15) is 152 Å². The number of anilines is 2. The van der Waals surface area contributed by atoms with Crippen molar-refractivity contribution in [3.05, 3.63) is 90.0 Å². The van der Waals surface area contributed by atoms with E-state index < -0.39 is 0 Å². The Bertz CT molecular complexity index is 2210. The van der Waals surface area contributed by atoms with E-state index in [9.17, 15) is 9.59 Å². The van der Waals surface area contributed by atoms with Gasteiger partial charge in [0, 0.05) is 70.2 Å². The van der Waals surface area contributed by atoms with Crippen molar-refractivity contribution in [1.29, 1.82) is 0 Å². The maximum absolute atomic E-state index is 13.6. The summed E-state index contributed by atoms with van der Waals surface area (Å²) in [7, 11) is 2.20. The molecule has 1 atom stereocenters. The van der Waals surface area contributed by atoms with Gasteiger partial charge in [-0.1, -0.05) is 135 Å². The first-order valence-electron chi connectivity index (χ1n) is 22.8. The summed E-state index contributed by atoms with van der Waals surface area (Å²) in [5, 5.41) is 7.08. The van der Waals surface area contributed by atoms with E-state index >= 15 is 0 Å². The van der Waals surface area contributed by atoms with Crippen LogP contribution in [0.2, 0.25) is 0 Å². The average Bonchev–Trinajstić information content (AvgIpc) is 4.10. The third-order valence-electron chi connectivity index (χ3n) is 12.0. The molecule has 4 aromatic heterocycles. The zero-order valence-electron chi connectivity index (χ0n) is 36.1. The third kappa shape index (κ3) is 13.1. The predicted octanol–water partition coefficient (Wildman–Crippen LogP) is 15.5. The van der Waals surface area contributed by atoms with Crippen LogP contribution in [0.4, 0.5) is 11.4 Å². The summed E-state index contributed by atoms with van der Waals surface area (Å²) in [4.78, 5) is 36.1. The Hall–Kier alpha value is -2.82. The van der Waals surface area contributed by atoms with Gasteiger partial charge in [-0.15, -0.1) is 45.3 Å². The standard InChI is InChI=1S/C51H65BrN2O2S4/c1-4-6-8-10-12-14-15-17-19-21-24-37(23-20-18-16-13-11-9-7-5-2)35-54(3)42-34-39-41(53-51(56)50(39)48-30-31-49(52)60-48)33-38(42)40(36-55)43-26-27-46(58-43)47-29-28-45(59-47)44-25-22-32-57-44/h22,25-34,36-37H,4-21,23-24,35H2,1-3H3,(H,53,56)/b40-38+. The first-order valence-corrected chi connectivity index (χ1v) is 26.9. The number of hydrogen-bond acceptors (Lipinski definition) is 7. The second-order valence-corrected chi connectivity index (χ2v) is 22.2. The number of aldehydes is 1. The Kier molecular flexibility index (Phi) is 19.2. The predicted molar refractivity (Wildman–Crippen MR) is 269 cm³/mol. The average molecular weight is 946 g/mol. The summed E-state index contributed by atoms with van der Waals surface area (Å²) in [5.74, 6) is 0.468. The molecule has 0 spiro atoms. The van der Waals surface area contributed by atoms with Gasteiger partial charge in [-0.3, -0.25) is 9.59 Å². The fourth-order valence-electron chi connectivity index (χ4n) is 8.62. The zero-order chi connectivity index (χ0) is 42.1.